The molecular weight excluding hydrogens is 564 g/mol. The zero-order valence-electron chi connectivity index (χ0n) is 25.7. The summed E-state index contributed by atoms with van der Waals surface area (Å²) in [6, 6.07) is 15.5. The molecule has 0 spiro atoms. The first-order valence-corrected chi connectivity index (χ1v) is 14.7. The SMILES string of the molecule is COc1ccc(C[C@H]2NC(=O)/C=C/C[C@@H]([C@](C)(O)/C=C\c3ccccc3)OC(=O)[C@H](CC(C)C)OC(=O)CCNC2=O)cc1. The van der Waals surface area contributed by atoms with Crippen LogP contribution in [-0.4, -0.2) is 66.4 Å². The Morgan fingerprint density at radius 3 is 2.41 bits per heavy atom. The van der Waals surface area contributed by atoms with Crippen LogP contribution in [-0.2, 0) is 35.1 Å². The van der Waals surface area contributed by atoms with Crippen molar-refractivity contribution in [3.05, 3.63) is 84.0 Å². The van der Waals surface area contributed by atoms with E-state index in [1.54, 1.807) is 37.5 Å². The number of hydrogen-bond donors (Lipinski definition) is 3. The van der Waals surface area contributed by atoms with Gasteiger partial charge in [-0.15, -0.1) is 0 Å². The largest absolute Gasteiger partial charge is 0.497 e. The van der Waals surface area contributed by atoms with Crippen molar-refractivity contribution in [2.24, 2.45) is 5.92 Å². The highest BCUT2D eigenvalue weighted by Gasteiger charge is 2.36. The number of aliphatic hydroxyl groups is 1. The van der Waals surface area contributed by atoms with E-state index in [-0.39, 0.29) is 38.1 Å². The third kappa shape index (κ3) is 11.0. The van der Waals surface area contributed by atoms with Crippen LogP contribution in [0.4, 0.5) is 0 Å². The molecule has 0 fully saturated rings. The monoisotopic (exact) mass is 606 g/mol. The normalized spacial score (nSPS) is 22.8. The van der Waals surface area contributed by atoms with Gasteiger partial charge in [0.05, 0.1) is 13.5 Å². The van der Waals surface area contributed by atoms with Gasteiger partial charge in [0.1, 0.15) is 23.5 Å². The first kappa shape index (κ1) is 34.1. The lowest BCUT2D eigenvalue weighted by atomic mass is 9.94. The van der Waals surface area contributed by atoms with E-state index in [1.165, 1.54) is 25.2 Å². The third-order valence-corrected chi connectivity index (χ3v) is 7.02. The third-order valence-electron chi connectivity index (χ3n) is 7.02. The second-order valence-corrected chi connectivity index (χ2v) is 11.3. The quantitative estimate of drug-likeness (QED) is 0.388. The topological polar surface area (TPSA) is 140 Å². The number of methoxy groups -OCH3 is 1. The molecule has 10 nitrogen and oxygen atoms in total. The van der Waals surface area contributed by atoms with Gasteiger partial charge in [0.25, 0.3) is 0 Å². The molecule has 0 bridgehead atoms. The molecule has 44 heavy (non-hydrogen) atoms. The average molecular weight is 607 g/mol. The number of cyclic esters (lactones) is 2. The minimum absolute atomic E-state index is 0.00936. The lowest BCUT2D eigenvalue weighted by Gasteiger charge is -2.31. The molecule has 0 aliphatic carbocycles. The highest BCUT2D eigenvalue weighted by atomic mass is 16.6. The van der Waals surface area contributed by atoms with E-state index < -0.39 is 47.6 Å². The number of benzene rings is 2. The summed E-state index contributed by atoms with van der Waals surface area (Å²) in [5.74, 6) is -1.88. The summed E-state index contributed by atoms with van der Waals surface area (Å²) in [6.07, 6.45) is 3.75. The van der Waals surface area contributed by atoms with Gasteiger partial charge in [0, 0.05) is 19.4 Å². The van der Waals surface area contributed by atoms with Gasteiger partial charge in [-0.25, -0.2) is 4.79 Å². The first-order chi connectivity index (χ1) is 21.0. The Morgan fingerprint density at radius 2 is 1.75 bits per heavy atom. The maximum Gasteiger partial charge on any atom is 0.347 e. The van der Waals surface area contributed by atoms with Gasteiger partial charge in [0.2, 0.25) is 11.8 Å². The van der Waals surface area contributed by atoms with Crippen molar-refractivity contribution in [1.29, 1.82) is 0 Å². The zero-order chi connectivity index (χ0) is 32.1. The smallest absolute Gasteiger partial charge is 0.347 e. The molecular formula is C34H42N2O8. The van der Waals surface area contributed by atoms with Crippen LogP contribution in [0.1, 0.15) is 51.2 Å². The van der Waals surface area contributed by atoms with E-state index in [4.69, 9.17) is 14.2 Å². The Morgan fingerprint density at radius 1 is 1.05 bits per heavy atom. The predicted molar refractivity (Wildman–Crippen MR) is 165 cm³/mol. The number of rotatable bonds is 8. The van der Waals surface area contributed by atoms with Crippen LogP contribution in [0.15, 0.2) is 72.8 Å². The molecule has 2 amide bonds. The summed E-state index contributed by atoms with van der Waals surface area (Å²) in [6.45, 7) is 5.19. The van der Waals surface area contributed by atoms with Gasteiger partial charge in [-0.2, -0.15) is 0 Å². The van der Waals surface area contributed by atoms with E-state index in [2.05, 4.69) is 10.6 Å². The van der Waals surface area contributed by atoms with Crippen LogP contribution >= 0.6 is 0 Å². The number of carbonyl (C=O) groups is 4. The molecule has 0 saturated carbocycles. The molecule has 1 aliphatic rings. The van der Waals surface area contributed by atoms with Crippen LogP contribution in [0.25, 0.3) is 6.08 Å². The summed E-state index contributed by atoms with van der Waals surface area (Å²) in [5.41, 5.74) is -0.0372. The first-order valence-electron chi connectivity index (χ1n) is 14.7. The van der Waals surface area contributed by atoms with E-state index in [0.29, 0.717) is 5.75 Å². The van der Waals surface area contributed by atoms with E-state index >= 15 is 0 Å². The van der Waals surface area contributed by atoms with Crippen molar-refractivity contribution < 1.29 is 38.5 Å². The van der Waals surface area contributed by atoms with Gasteiger partial charge in [-0.05, 0) is 54.7 Å². The minimum Gasteiger partial charge on any atom is -0.497 e. The number of esters is 2. The predicted octanol–water partition coefficient (Wildman–Crippen LogP) is 3.52. The summed E-state index contributed by atoms with van der Waals surface area (Å²) in [7, 11) is 1.55. The van der Waals surface area contributed by atoms with Crippen molar-refractivity contribution in [2.75, 3.05) is 13.7 Å². The van der Waals surface area contributed by atoms with Crippen molar-refractivity contribution in [2.45, 2.75) is 70.3 Å². The molecule has 0 aromatic heterocycles. The summed E-state index contributed by atoms with van der Waals surface area (Å²) in [4.78, 5) is 52.0. The number of ether oxygens (including phenoxy) is 3. The van der Waals surface area contributed by atoms with Crippen molar-refractivity contribution in [3.63, 3.8) is 0 Å². The highest BCUT2D eigenvalue weighted by Crippen LogP contribution is 2.23. The fraction of sp³-hybridized carbons (Fsp3) is 0.412. The Labute approximate surface area is 258 Å². The van der Waals surface area contributed by atoms with Crippen LogP contribution in [0, 0.1) is 5.92 Å². The minimum atomic E-state index is -1.65. The van der Waals surface area contributed by atoms with Crippen molar-refractivity contribution in [1.82, 2.24) is 10.6 Å². The van der Waals surface area contributed by atoms with Crippen LogP contribution < -0.4 is 15.4 Å². The standard InChI is InChI=1S/C34H42N2O8/c1-23(2)21-28-33(40)44-29(34(3,41)19-17-24-9-6-5-7-10-24)11-8-12-30(37)36-27(32(39)35-20-18-31(38)43-28)22-25-13-15-26(42-4)16-14-25/h5-10,12-17,19,23,27-29,41H,11,18,20-22H2,1-4H3,(H,35,39)(H,36,37)/b12-8+,19-17-/t27-,28+,29+,34-/m1/s1. The Hall–Kier alpha value is -4.44. The van der Waals surface area contributed by atoms with E-state index in [1.807, 2.05) is 44.2 Å². The van der Waals surface area contributed by atoms with Gasteiger partial charge in [-0.1, -0.05) is 68.5 Å². The average Bonchev–Trinajstić information content (AvgIpc) is 2.99. The number of hydrogen-bond acceptors (Lipinski definition) is 8. The second kappa shape index (κ2) is 16.4. The lowest BCUT2D eigenvalue weighted by Crippen LogP contribution is -2.48. The van der Waals surface area contributed by atoms with E-state index in [9.17, 15) is 24.3 Å². The molecule has 0 unspecified atom stereocenters. The van der Waals surface area contributed by atoms with Crippen LogP contribution in [0.3, 0.4) is 0 Å². The van der Waals surface area contributed by atoms with Gasteiger partial charge in [-0.3, -0.25) is 14.4 Å². The number of nitrogens with one attached hydrogen (secondary N) is 2. The zero-order valence-corrected chi connectivity index (χ0v) is 25.7. The molecule has 2 aromatic carbocycles. The molecule has 4 atom stereocenters. The molecule has 1 heterocycles. The molecule has 0 radical (unpaired) electrons. The Kier molecular flexibility index (Phi) is 12.7. The maximum absolute atomic E-state index is 13.3. The Bertz CT molecular complexity index is 1320. The molecule has 2 aromatic rings. The van der Waals surface area contributed by atoms with Gasteiger partial charge < -0.3 is 30.0 Å². The fourth-order valence-electron chi connectivity index (χ4n) is 4.53. The van der Waals surface area contributed by atoms with Crippen LogP contribution in [0.5, 0.6) is 5.75 Å². The van der Waals surface area contributed by atoms with Gasteiger partial charge >= 0.3 is 11.9 Å². The number of carbonyl (C=O) groups excluding carboxylic acids is 4. The van der Waals surface area contributed by atoms with Crippen LogP contribution in [0.2, 0.25) is 0 Å². The van der Waals surface area contributed by atoms with Crippen molar-refractivity contribution in [3.8, 4) is 5.75 Å². The molecule has 0 saturated heterocycles. The maximum atomic E-state index is 13.3. The van der Waals surface area contributed by atoms with E-state index in [0.717, 1.165) is 11.1 Å². The van der Waals surface area contributed by atoms with Gasteiger partial charge in [0.15, 0.2) is 6.10 Å². The summed E-state index contributed by atoms with van der Waals surface area (Å²) < 4.78 is 16.4. The van der Waals surface area contributed by atoms with Crippen molar-refractivity contribution >= 4 is 29.8 Å². The Balaban J connectivity index is 1.89. The number of amides is 2. The lowest BCUT2D eigenvalue weighted by molar-refractivity contribution is -0.179. The highest BCUT2D eigenvalue weighted by molar-refractivity contribution is 5.93. The molecule has 3 N–H and O–H groups in total. The molecule has 236 valence electrons. The second-order valence-electron chi connectivity index (χ2n) is 11.3. The summed E-state index contributed by atoms with van der Waals surface area (Å²) in [5, 5.41) is 16.8. The fourth-order valence-corrected chi connectivity index (χ4v) is 4.53. The molecule has 1 aliphatic heterocycles. The molecule has 10 heteroatoms. The molecule has 3 rings (SSSR count). The summed E-state index contributed by atoms with van der Waals surface area (Å²) >= 11 is 0.